The molecule has 0 spiro atoms. The molecule has 8 heteroatoms. The fourth-order valence-corrected chi connectivity index (χ4v) is 1.75. The van der Waals surface area contributed by atoms with Crippen molar-refractivity contribution in [1.29, 1.82) is 0 Å². The maximum absolute atomic E-state index is 12.6. The number of nitrogens with zero attached hydrogens (tertiary/aromatic N) is 4. The zero-order valence-electron chi connectivity index (χ0n) is 10.3. The van der Waals surface area contributed by atoms with E-state index < -0.39 is 11.9 Å². The van der Waals surface area contributed by atoms with Crippen LogP contribution in [0.25, 0.3) is 11.3 Å². The van der Waals surface area contributed by atoms with E-state index in [1.165, 1.54) is 4.57 Å². The van der Waals surface area contributed by atoms with Gasteiger partial charge in [0.2, 0.25) is 5.65 Å². The van der Waals surface area contributed by atoms with Crippen LogP contribution < -0.4 is 0 Å². The summed E-state index contributed by atoms with van der Waals surface area (Å²) in [6, 6.07) is -0.356. The SMILES string of the molecule is CCCCCn1c(O)nc2ncc(C(F)(F)F)nc21. The van der Waals surface area contributed by atoms with Gasteiger partial charge in [0.15, 0.2) is 11.3 Å². The molecule has 0 atom stereocenters. The Morgan fingerprint density at radius 3 is 2.63 bits per heavy atom. The van der Waals surface area contributed by atoms with E-state index in [2.05, 4.69) is 15.0 Å². The Morgan fingerprint density at radius 1 is 1.26 bits per heavy atom. The van der Waals surface area contributed by atoms with E-state index in [0.29, 0.717) is 12.7 Å². The zero-order chi connectivity index (χ0) is 14.0. The highest BCUT2D eigenvalue weighted by Gasteiger charge is 2.33. The highest BCUT2D eigenvalue weighted by atomic mass is 19.4. The summed E-state index contributed by atoms with van der Waals surface area (Å²) in [7, 11) is 0. The van der Waals surface area contributed by atoms with Crippen LogP contribution in [0.1, 0.15) is 31.9 Å². The number of fused-ring (bicyclic) bond motifs is 1. The topological polar surface area (TPSA) is 63.8 Å². The molecule has 0 saturated carbocycles. The fourth-order valence-electron chi connectivity index (χ4n) is 1.75. The van der Waals surface area contributed by atoms with Gasteiger partial charge in [0, 0.05) is 6.54 Å². The molecule has 5 nitrogen and oxygen atoms in total. The van der Waals surface area contributed by atoms with Crippen molar-refractivity contribution in [3.05, 3.63) is 11.9 Å². The van der Waals surface area contributed by atoms with Crippen LogP contribution in [-0.2, 0) is 12.7 Å². The molecule has 0 aliphatic rings. The number of aromatic nitrogens is 4. The number of rotatable bonds is 4. The molecule has 0 bridgehead atoms. The summed E-state index contributed by atoms with van der Waals surface area (Å²) in [6.07, 6.45) is -1.34. The third-order valence-corrected chi connectivity index (χ3v) is 2.71. The van der Waals surface area contributed by atoms with Gasteiger partial charge in [0.1, 0.15) is 0 Å². The predicted octanol–water partition coefficient (Wildman–Crippen LogP) is 2.74. The third kappa shape index (κ3) is 2.77. The molecule has 104 valence electrons. The van der Waals surface area contributed by atoms with Crippen molar-refractivity contribution < 1.29 is 18.3 Å². The Balaban J connectivity index is 2.41. The molecule has 1 N–H and O–H groups in total. The van der Waals surface area contributed by atoms with Gasteiger partial charge in [-0.3, -0.25) is 4.57 Å². The highest BCUT2D eigenvalue weighted by Crippen LogP contribution is 2.28. The number of halogens is 3. The standard InChI is InChI=1S/C11H13F3N4O/c1-2-3-4-5-18-9-8(17-10(18)19)15-6-7(16-9)11(12,13)14/h6H,2-5H2,1H3,(H,15,17,19). The quantitative estimate of drug-likeness (QED) is 0.871. The summed E-state index contributed by atoms with van der Waals surface area (Å²) in [5, 5.41) is 9.62. The minimum Gasteiger partial charge on any atom is -0.480 e. The first kappa shape index (κ1) is 13.6. The Morgan fingerprint density at radius 2 is 2.00 bits per heavy atom. The zero-order valence-corrected chi connectivity index (χ0v) is 10.3. The Labute approximate surface area is 107 Å². The van der Waals surface area contributed by atoms with Crippen molar-refractivity contribution >= 4 is 11.3 Å². The Hall–Kier alpha value is -1.86. The molecule has 0 saturated heterocycles. The summed E-state index contributed by atoms with van der Waals surface area (Å²) in [5.74, 6) is 0. The van der Waals surface area contributed by atoms with E-state index in [9.17, 15) is 18.3 Å². The first-order chi connectivity index (χ1) is 8.93. The molecule has 2 rings (SSSR count). The number of unbranched alkanes of at least 4 members (excludes halogenated alkanes) is 2. The molecule has 2 aromatic rings. The summed E-state index contributed by atoms with van der Waals surface area (Å²) in [4.78, 5) is 10.8. The third-order valence-electron chi connectivity index (χ3n) is 2.71. The van der Waals surface area contributed by atoms with Crippen LogP contribution in [0, 0.1) is 0 Å². The van der Waals surface area contributed by atoms with Crippen LogP contribution in [0.2, 0.25) is 0 Å². The first-order valence-electron chi connectivity index (χ1n) is 5.93. The van der Waals surface area contributed by atoms with Gasteiger partial charge in [-0.15, -0.1) is 0 Å². The van der Waals surface area contributed by atoms with Crippen LogP contribution in [-0.4, -0.2) is 24.6 Å². The van der Waals surface area contributed by atoms with Gasteiger partial charge >= 0.3 is 6.18 Å². The molecular formula is C11H13F3N4O. The molecule has 2 aromatic heterocycles. The molecular weight excluding hydrogens is 261 g/mol. The number of imidazole rings is 1. The van der Waals surface area contributed by atoms with E-state index in [1.807, 2.05) is 6.92 Å². The van der Waals surface area contributed by atoms with Crippen molar-refractivity contribution in [1.82, 2.24) is 19.5 Å². The second-order valence-electron chi connectivity index (χ2n) is 4.17. The molecule has 0 radical (unpaired) electrons. The van der Waals surface area contributed by atoms with Crippen molar-refractivity contribution in [3.8, 4) is 6.01 Å². The number of aromatic hydroxyl groups is 1. The van der Waals surface area contributed by atoms with E-state index in [1.54, 1.807) is 0 Å². The highest BCUT2D eigenvalue weighted by molar-refractivity contribution is 5.67. The molecule has 0 aliphatic heterocycles. The number of alkyl halides is 3. The molecule has 0 unspecified atom stereocenters. The number of aryl methyl sites for hydroxylation is 1. The molecule has 0 aliphatic carbocycles. The monoisotopic (exact) mass is 274 g/mol. The van der Waals surface area contributed by atoms with E-state index in [-0.39, 0.29) is 17.3 Å². The van der Waals surface area contributed by atoms with Crippen molar-refractivity contribution in [2.24, 2.45) is 0 Å². The van der Waals surface area contributed by atoms with Gasteiger partial charge < -0.3 is 5.11 Å². The van der Waals surface area contributed by atoms with Gasteiger partial charge in [-0.25, -0.2) is 9.97 Å². The lowest BCUT2D eigenvalue weighted by molar-refractivity contribution is -0.141. The molecule has 0 aromatic carbocycles. The molecule has 0 fully saturated rings. The first-order valence-corrected chi connectivity index (χ1v) is 5.93. The summed E-state index contributed by atoms with van der Waals surface area (Å²) in [6.45, 7) is 2.37. The number of hydrogen-bond acceptors (Lipinski definition) is 4. The van der Waals surface area contributed by atoms with Gasteiger partial charge in [-0.1, -0.05) is 19.8 Å². The van der Waals surface area contributed by atoms with Crippen molar-refractivity contribution in [2.45, 2.75) is 38.9 Å². The van der Waals surface area contributed by atoms with Gasteiger partial charge in [0.05, 0.1) is 6.20 Å². The maximum atomic E-state index is 12.6. The van der Waals surface area contributed by atoms with Gasteiger partial charge in [-0.05, 0) is 6.42 Å². The average Bonchev–Trinajstić information content (AvgIpc) is 2.64. The van der Waals surface area contributed by atoms with E-state index in [4.69, 9.17) is 0 Å². The van der Waals surface area contributed by atoms with Gasteiger partial charge in [-0.2, -0.15) is 18.2 Å². The van der Waals surface area contributed by atoms with Crippen molar-refractivity contribution in [3.63, 3.8) is 0 Å². The average molecular weight is 274 g/mol. The van der Waals surface area contributed by atoms with Crippen LogP contribution >= 0.6 is 0 Å². The maximum Gasteiger partial charge on any atom is 0.434 e. The lowest BCUT2D eigenvalue weighted by Gasteiger charge is -2.06. The summed E-state index contributed by atoms with van der Waals surface area (Å²) < 4.78 is 39.0. The summed E-state index contributed by atoms with van der Waals surface area (Å²) >= 11 is 0. The summed E-state index contributed by atoms with van der Waals surface area (Å²) in [5.41, 5.74) is -1.11. The van der Waals surface area contributed by atoms with E-state index in [0.717, 1.165) is 19.3 Å². The number of hydrogen-bond donors (Lipinski definition) is 1. The minimum absolute atomic E-state index is 0.0157. The molecule has 2 heterocycles. The molecule has 19 heavy (non-hydrogen) atoms. The van der Waals surface area contributed by atoms with Crippen LogP contribution in [0.5, 0.6) is 6.01 Å². The van der Waals surface area contributed by atoms with Crippen LogP contribution in [0.4, 0.5) is 13.2 Å². The van der Waals surface area contributed by atoms with Gasteiger partial charge in [0.25, 0.3) is 6.01 Å². The second kappa shape index (κ2) is 5.02. The Kier molecular flexibility index (Phi) is 3.59. The normalized spacial score (nSPS) is 12.2. The lowest BCUT2D eigenvalue weighted by Crippen LogP contribution is -2.10. The second-order valence-corrected chi connectivity index (χ2v) is 4.17. The minimum atomic E-state index is -4.56. The van der Waals surface area contributed by atoms with E-state index >= 15 is 0 Å². The lowest BCUT2D eigenvalue weighted by atomic mass is 10.2. The largest absolute Gasteiger partial charge is 0.480 e. The predicted molar refractivity (Wildman–Crippen MR) is 61.5 cm³/mol. The Bertz CT molecular complexity index is 579. The van der Waals surface area contributed by atoms with Crippen LogP contribution in [0.3, 0.4) is 0 Å². The smallest absolute Gasteiger partial charge is 0.434 e. The van der Waals surface area contributed by atoms with Crippen LogP contribution in [0.15, 0.2) is 6.20 Å². The fraction of sp³-hybridized carbons (Fsp3) is 0.545. The van der Waals surface area contributed by atoms with Crippen molar-refractivity contribution in [2.75, 3.05) is 0 Å². The molecule has 0 amide bonds.